The van der Waals surface area contributed by atoms with Crippen LogP contribution in [0.4, 0.5) is 0 Å². The molecule has 4 nitrogen and oxygen atoms in total. The van der Waals surface area contributed by atoms with Gasteiger partial charge in [-0.2, -0.15) is 0 Å². The fraction of sp³-hybridized carbons (Fsp3) is 0.471. The van der Waals surface area contributed by atoms with Crippen molar-refractivity contribution in [1.82, 2.24) is 4.90 Å². The molecule has 2 fully saturated rings. The normalized spacial score (nSPS) is 26.4. The Kier molecular flexibility index (Phi) is 9.16. The van der Waals surface area contributed by atoms with Gasteiger partial charge in [0, 0.05) is 0 Å². The third kappa shape index (κ3) is 6.14. The monoisotopic (exact) mass is 593 g/mol. The molecular weight excluding hydrogens is 549 g/mol. The summed E-state index contributed by atoms with van der Waals surface area (Å²) in [6, 6.07) is 30.0. The number of methoxy groups -OCH3 is 2. The van der Waals surface area contributed by atoms with Crippen LogP contribution in [0.1, 0.15) is 63.5 Å². The standard InChI is InChI=1S/C34H43NO3Se/c1-24-20-21-28-30(22-24)38-33(25-14-8-6-9-15-25)35(34(28,2)3)23-31(39-26-16-10-7-11-17-26)32(37-5)27-18-12-13-19-29(27)36-4/h6-19,24,28,30-33H,20-23H2,1-5H3/t24-,28-,30-,31-,32+,33+/m1/s1. The van der Waals surface area contributed by atoms with Crippen molar-refractivity contribution in [2.45, 2.75) is 68.8 Å². The van der Waals surface area contributed by atoms with Crippen LogP contribution in [0.2, 0.25) is 4.82 Å². The minimum atomic E-state index is -0.0994. The van der Waals surface area contributed by atoms with Crippen LogP contribution in [0, 0.1) is 11.8 Å². The first kappa shape index (κ1) is 28.4. The molecule has 1 saturated heterocycles. The van der Waals surface area contributed by atoms with Crippen molar-refractivity contribution < 1.29 is 14.2 Å². The molecule has 6 atom stereocenters. The van der Waals surface area contributed by atoms with Crippen molar-refractivity contribution in [3.8, 4) is 5.75 Å². The first-order valence-corrected chi connectivity index (χ1v) is 16.1. The van der Waals surface area contributed by atoms with Crippen LogP contribution in [0.5, 0.6) is 5.75 Å². The maximum atomic E-state index is 7.08. The van der Waals surface area contributed by atoms with Crippen LogP contribution in [-0.2, 0) is 9.47 Å². The van der Waals surface area contributed by atoms with Crippen molar-refractivity contribution in [1.29, 1.82) is 0 Å². The quantitative estimate of drug-likeness (QED) is 0.256. The summed E-state index contributed by atoms with van der Waals surface area (Å²) in [6.07, 6.45) is 3.73. The number of para-hydroxylation sites is 1. The van der Waals surface area contributed by atoms with E-state index in [-0.39, 0.29) is 43.7 Å². The van der Waals surface area contributed by atoms with Gasteiger partial charge in [0.2, 0.25) is 0 Å². The van der Waals surface area contributed by atoms with Crippen molar-refractivity contribution >= 4 is 19.4 Å². The number of hydrogen-bond acceptors (Lipinski definition) is 4. The molecule has 0 spiro atoms. The zero-order chi connectivity index (χ0) is 27.4. The molecular formula is C34H43NO3Se. The molecule has 0 aromatic heterocycles. The first-order valence-electron chi connectivity index (χ1n) is 14.3. The Bertz CT molecular complexity index is 1190. The number of nitrogens with zero attached hydrogens (tertiary/aromatic N) is 1. The van der Waals surface area contributed by atoms with Gasteiger partial charge in [0.15, 0.2) is 0 Å². The third-order valence-electron chi connectivity index (χ3n) is 8.82. The molecule has 1 saturated carbocycles. The van der Waals surface area contributed by atoms with Gasteiger partial charge in [-0.1, -0.05) is 0 Å². The van der Waals surface area contributed by atoms with E-state index < -0.39 is 0 Å². The molecule has 1 aliphatic heterocycles. The van der Waals surface area contributed by atoms with Crippen molar-refractivity contribution in [2.75, 3.05) is 20.8 Å². The number of ether oxygens (including phenoxy) is 3. The molecule has 5 rings (SSSR count). The van der Waals surface area contributed by atoms with Gasteiger partial charge >= 0.3 is 242 Å². The van der Waals surface area contributed by atoms with E-state index in [1.165, 1.54) is 22.9 Å². The number of fused-ring (bicyclic) bond motifs is 1. The van der Waals surface area contributed by atoms with Crippen molar-refractivity contribution in [3.63, 3.8) is 0 Å². The first-order chi connectivity index (χ1) is 18.9. The summed E-state index contributed by atoms with van der Waals surface area (Å²) in [7, 11) is 3.59. The molecule has 208 valence electrons. The molecule has 0 N–H and O–H groups in total. The van der Waals surface area contributed by atoms with Crippen LogP contribution in [0.25, 0.3) is 0 Å². The maximum absolute atomic E-state index is 7.08. The van der Waals surface area contributed by atoms with Gasteiger partial charge in [0.25, 0.3) is 0 Å². The predicted molar refractivity (Wildman–Crippen MR) is 160 cm³/mol. The van der Waals surface area contributed by atoms with Crippen LogP contribution in [0.3, 0.4) is 0 Å². The molecule has 5 heteroatoms. The van der Waals surface area contributed by atoms with Gasteiger partial charge in [-0.05, 0) is 0 Å². The van der Waals surface area contributed by atoms with Gasteiger partial charge in [0.1, 0.15) is 0 Å². The topological polar surface area (TPSA) is 30.9 Å². The van der Waals surface area contributed by atoms with E-state index in [1.54, 1.807) is 7.11 Å². The van der Waals surface area contributed by atoms with Crippen molar-refractivity contribution in [2.24, 2.45) is 11.8 Å². The SMILES string of the molecule is COc1ccccc1[C@H](OC)[C@@H](CN1[C@H](c2ccccc2)O[C@@H]2C[C@H](C)CC[C@H]2C1(C)C)[Se]c1ccccc1. The van der Waals surface area contributed by atoms with Gasteiger partial charge in [-0.25, -0.2) is 0 Å². The van der Waals surface area contributed by atoms with E-state index >= 15 is 0 Å². The molecule has 1 aliphatic carbocycles. The second-order valence-electron chi connectivity index (χ2n) is 11.6. The summed E-state index contributed by atoms with van der Waals surface area (Å²) in [5.74, 6) is 2.10. The molecule has 3 aromatic rings. The molecule has 0 radical (unpaired) electrons. The Morgan fingerprint density at radius 1 is 0.923 bits per heavy atom. The van der Waals surface area contributed by atoms with Gasteiger partial charge in [-0.3, -0.25) is 0 Å². The summed E-state index contributed by atoms with van der Waals surface area (Å²) in [6.45, 7) is 8.16. The predicted octanol–water partition coefficient (Wildman–Crippen LogP) is 6.82. The summed E-state index contributed by atoms with van der Waals surface area (Å²) in [4.78, 5) is 2.91. The minimum absolute atomic E-state index is 0.0202. The van der Waals surface area contributed by atoms with E-state index in [9.17, 15) is 0 Å². The Morgan fingerprint density at radius 2 is 1.59 bits per heavy atom. The molecule has 1 heterocycles. The van der Waals surface area contributed by atoms with E-state index in [0.29, 0.717) is 11.8 Å². The zero-order valence-corrected chi connectivity index (χ0v) is 25.7. The molecule has 0 unspecified atom stereocenters. The summed E-state index contributed by atoms with van der Waals surface area (Å²) >= 11 is 0.165. The fourth-order valence-corrected chi connectivity index (χ4v) is 9.38. The molecule has 39 heavy (non-hydrogen) atoms. The summed E-state index contributed by atoms with van der Waals surface area (Å²) in [5.41, 5.74) is 2.33. The Balaban J connectivity index is 1.56. The number of benzene rings is 3. The van der Waals surface area contributed by atoms with E-state index in [2.05, 4.69) is 98.5 Å². The van der Waals surface area contributed by atoms with Crippen LogP contribution < -0.4 is 9.20 Å². The Morgan fingerprint density at radius 3 is 2.28 bits per heavy atom. The zero-order valence-electron chi connectivity index (χ0n) is 24.0. The second kappa shape index (κ2) is 12.6. The molecule has 2 aliphatic rings. The molecule has 0 bridgehead atoms. The molecule has 3 aromatic carbocycles. The van der Waals surface area contributed by atoms with Crippen LogP contribution in [0.15, 0.2) is 84.9 Å². The van der Waals surface area contributed by atoms with Crippen LogP contribution >= 0.6 is 0 Å². The Hall–Kier alpha value is -2.14. The van der Waals surface area contributed by atoms with E-state index in [0.717, 1.165) is 24.3 Å². The summed E-state index contributed by atoms with van der Waals surface area (Å²) in [5, 5.41) is 0. The fourth-order valence-electron chi connectivity index (χ4n) is 6.69. The average Bonchev–Trinajstić information content (AvgIpc) is 2.95. The number of hydrogen-bond donors (Lipinski definition) is 0. The summed E-state index contributed by atoms with van der Waals surface area (Å²) < 4.78 is 20.6. The van der Waals surface area contributed by atoms with Gasteiger partial charge in [-0.15, -0.1) is 0 Å². The Labute approximate surface area is 241 Å². The van der Waals surface area contributed by atoms with Crippen molar-refractivity contribution in [3.05, 3.63) is 96.1 Å². The van der Waals surface area contributed by atoms with E-state index in [4.69, 9.17) is 14.2 Å². The van der Waals surface area contributed by atoms with Crippen LogP contribution in [-0.4, -0.2) is 52.3 Å². The van der Waals surface area contributed by atoms with Gasteiger partial charge in [0.05, 0.1) is 0 Å². The third-order valence-corrected chi connectivity index (χ3v) is 11.4. The van der Waals surface area contributed by atoms with Gasteiger partial charge < -0.3 is 0 Å². The van der Waals surface area contributed by atoms with E-state index in [1.807, 2.05) is 19.2 Å². The molecule has 0 amide bonds. The number of rotatable bonds is 9. The average molecular weight is 593 g/mol. The second-order valence-corrected chi connectivity index (χ2v) is 14.4.